The van der Waals surface area contributed by atoms with Crippen LogP contribution in [0.1, 0.15) is 30.5 Å². The smallest absolute Gasteiger partial charge is 0.370 e. The normalized spacial score (nSPS) is 14.5. The van der Waals surface area contributed by atoms with E-state index < -0.39 is 6.36 Å². The Morgan fingerprint density at radius 2 is 2.09 bits per heavy atom. The van der Waals surface area contributed by atoms with Crippen LogP contribution in [0.4, 0.5) is 19.0 Å². The first-order chi connectivity index (χ1) is 10.5. The maximum Gasteiger partial charge on any atom is 0.522 e. The van der Waals surface area contributed by atoms with Gasteiger partial charge in [0.25, 0.3) is 0 Å². The molecule has 0 saturated carbocycles. The number of pyridine rings is 1. The van der Waals surface area contributed by atoms with Crippen molar-refractivity contribution in [2.45, 2.75) is 38.5 Å². The van der Waals surface area contributed by atoms with Gasteiger partial charge in [0.15, 0.2) is 0 Å². The summed E-state index contributed by atoms with van der Waals surface area (Å²) in [6.07, 6.45) is 0.442. The summed E-state index contributed by atoms with van der Waals surface area (Å²) in [6, 6.07) is 4.20. The van der Waals surface area contributed by atoms with Crippen LogP contribution >= 0.6 is 0 Å². The zero-order valence-electron chi connectivity index (χ0n) is 12.5. The van der Waals surface area contributed by atoms with Gasteiger partial charge in [-0.25, -0.2) is 4.98 Å². The van der Waals surface area contributed by atoms with Gasteiger partial charge in [-0.05, 0) is 50.3 Å². The van der Waals surface area contributed by atoms with Gasteiger partial charge in [0.2, 0.25) is 0 Å². The first kappa shape index (κ1) is 17.0. The fourth-order valence-electron chi connectivity index (χ4n) is 2.43. The molecular weight excluding hydrogens is 295 g/mol. The lowest BCUT2D eigenvalue weighted by Crippen LogP contribution is -2.25. The molecule has 0 spiro atoms. The molecule has 4 nitrogen and oxygen atoms in total. The number of rotatable bonds is 8. The lowest BCUT2D eigenvalue weighted by Gasteiger charge is -2.17. The Balaban J connectivity index is 1.55. The molecule has 0 radical (unpaired) electrons. The minimum atomic E-state index is -4.53. The summed E-state index contributed by atoms with van der Waals surface area (Å²) in [5.74, 6) is 1.01. The van der Waals surface area contributed by atoms with Crippen molar-refractivity contribution in [3.05, 3.63) is 23.4 Å². The summed E-state index contributed by atoms with van der Waals surface area (Å²) >= 11 is 0. The molecule has 1 aliphatic heterocycles. The van der Waals surface area contributed by atoms with Crippen LogP contribution in [-0.2, 0) is 17.6 Å². The molecule has 0 aromatic carbocycles. The predicted octanol–water partition coefficient (Wildman–Crippen LogP) is 2.89. The quantitative estimate of drug-likeness (QED) is 0.724. The van der Waals surface area contributed by atoms with Crippen molar-refractivity contribution >= 4 is 5.82 Å². The van der Waals surface area contributed by atoms with E-state index in [0.717, 1.165) is 50.2 Å². The first-order valence-electron chi connectivity index (χ1n) is 7.69. The molecule has 2 heterocycles. The van der Waals surface area contributed by atoms with Crippen molar-refractivity contribution in [1.29, 1.82) is 0 Å². The van der Waals surface area contributed by atoms with E-state index in [1.165, 1.54) is 5.56 Å². The van der Waals surface area contributed by atoms with E-state index >= 15 is 0 Å². The molecule has 0 amide bonds. The highest BCUT2D eigenvalue weighted by atomic mass is 19.4. The molecular formula is C15H22F3N3O. The van der Waals surface area contributed by atoms with Gasteiger partial charge in [0.1, 0.15) is 5.82 Å². The predicted molar refractivity (Wildman–Crippen MR) is 78.9 cm³/mol. The number of hydrogen-bond acceptors (Lipinski definition) is 4. The zero-order valence-corrected chi connectivity index (χ0v) is 12.5. The summed E-state index contributed by atoms with van der Waals surface area (Å²) < 4.78 is 38.9. The minimum absolute atomic E-state index is 0.209. The van der Waals surface area contributed by atoms with Crippen LogP contribution in [0, 0.1) is 0 Å². The third-order valence-corrected chi connectivity index (χ3v) is 3.53. The monoisotopic (exact) mass is 317 g/mol. The minimum Gasteiger partial charge on any atom is -0.370 e. The van der Waals surface area contributed by atoms with Gasteiger partial charge >= 0.3 is 6.36 Å². The molecule has 0 aliphatic carbocycles. The first-order valence-corrected chi connectivity index (χ1v) is 7.69. The molecule has 0 unspecified atom stereocenters. The molecule has 22 heavy (non-hydrogen) atoms. The second-order valence-corrected chi connectivity index (χ2v) is 5.34. The maximum atomic E-state index is 11.7. The highest BCUT2D eigenvalue weighted by Gasteiger charge is 2.28. The topological polar surface area (TPSA) is 46.2 Å². The van der Waals surface area contributed by atoms with Crippen molar-refractivity contribution in [2.24, 2.45) is 0 Å². The Bertz CT molecular complexity index is 466. The molecule has 2 N–H and O–H groups in total. The second-order valence-electron chi connectivity index (χ2n) is 5.34. The Kier molecular flexibility index (Phi) is 6.45. The van der Waals surface area contributed by atoms with Gasteiger partial charge in [0, 0.05) is 18.8 Å². The van der Waals surface area contributed by atoms with Crippen molar-refractivity contribution in [3.8, 4) is 0 Å². The molecule has 0 bridgehead atoms. The number of nitrogens with zero attached hydrogens (tertiary/aromatic N) is 1. The number of hydrogen-bond donors (Lipinski definition) is 2. The Hall–Kier alpha value is -1.34. The van der Waals surface area contributed by atoms with Crippen LogP contribution in [0.5, 0.6) is 0 Å². The number of halogens is 3. The third kappa shape index (κ3) is 6.19. The molecule has 2 rings (SSSR count). The Morgan fingerprint density at radius 3 is 2.91 bits per heavy atom. The van der Waals surface area contributed by atoms with Crippen molar-refractivity contribution in [3.63, 3.8) is 0 Å². The molecule has 124 valence electrons. The van der Waals surface area contributed by atoms with E-state index in [4.69, 9.17) is 0 Å². The second kappa shape index (κ2) is 8.33. The average Bonchev–Trinajstić information content (AvgIpc) is 2.48. The number of aryl methyl sites for hydroxylation is 2. The molecule has 1 aromatic rings. The van der Waals surface area contributed by atoms with Crippen LogP contribution in [-0.4, -0.2) is 37.6 Å². The number of ether oxygens (including phenoxy) is 1. The van der Waals surface area contributed by atoms with Gasteiger partial charge < -0.3 is 10.6 Å². The van der Waals surface area contributed by atoms with E-state index in [2.05, 4.69) is 32.5 Å². The number of nitrogens with one attached hydrogen (secondary N) is 2. The van der Waals surface area contributed by atoms with E-state index in [-0.39, 0.29) is 13.2 Å². The number of unbranched alkanes of at least 4 members (excludes halogenated alkanes) is 1. The van der Waals surface area contributed by atoms with Gasteiger partial charge in [-0.15, -0.1) is 13.2 Å². The van der Waals surface area contributed by atoms with Crippen molar-refractivity contribution < 1.29 is 17.9 Å². The van der Waals surface area contributed by atoms with Gasteiger partial charge in [-0.3, -0.25) is 4.74 Å². The van der Waals surface area contributed by atoms with Gasteiger partial charge in [-0.2, -0.15) is 0 Å². The highest BCUT2D eigenvalue weighted by molar-refractivity contribution is 5.46. The standard InChI is InChI=1S/C15H22F3N3O/c16-15(17,18)22-11-10-19-8-2-1-5-13-7-6-12-4-3-9-20-14(12)21-13/h6-7,19H,1-5,8-11H2,(H,20,21). The number of anilines is 1. The maximum absolute atomic E-state index is 11.7. The average molecular weight is 317 g/mol. The van der Waals surface area contributed by atoms with E-state index in [1.54, 1.807) is 0 Å². The van der Waals surface area contributed by atoms with Crippen LogP contribution in [0.15, 0.2) is 12.1 Å². The Labute approximate surface area is 128 Å². The molecule has 0 saturated heterocycles. The highest BCUT2D eigenvalue weighted by Crippen LogP contribution is 2.20. The summed E-state index contributed by atoms with van der Waals surface area (Å²) in [7, 11) is 0. The molecule has 1 aliphatic rings. The number of aromatic nitrogens is 1. The molecule has 1 aromatic heterocycles. The number of fused-ring (bicyclic) bond motifs is 1. The lowest BCUT2D eigenvalue weighted by molar-refractivity contribution is -0.323. The van der Waals surface area contributed by atoms with E-state index in [9.17, 15) is 13.2 Å². The van der Waals surface area contributed by atoms with Crippen LogP contribution < -0.4 is 10.6 Å². The SMILES string of the molecule is FC(F)(F)OCCNCCCCc1ccc2c(n1)NCCC2. The molecule has 0 atom stereocenters. The zero-order chi connectivity index (χ0) is 15.8. The van der Waals surface area contributed by atoms with Crippen molar-refractivity contribution in [2.75, 3.05) is 31.6 Å². The Morgan fingerprint density at radius 1 is 1.23 bits per heavy atom. The van der Waals surface area contributed by atoms with Crippen LogP contribution in [0.25, 0.3) is 0 Å². The summed E-state index contributed by atoms with van der Waals surface area (Å²) in [6.45, 7) is 1.53. The lowest BCUT2D eigenvalue weighted by atomic mass is 10.1. The third-order valence-electron chi connectivity index (χ3n) is 3.53. The van der Waals surface area contributed by atoms with Crippen LogP contribution in [0.3, 0.4) is 0 Å². The van der Waals surface area contributed by atoms with Crippen molar-refractivity contribution in [1.82, 2.24) is 10.3 Å². The number of alkyl halides is 3. The van der Waals surface area contributed by atoms with Gasteiger partial charge in [-0.1, -0.05) is 6.07 Å². The van der Waals surface area contributed by atoms with Crippen LogP contribution in [0.2, 0.25) is 0 Å². The fraction of sp³-hybridized carbons (Fsp3) is 0.667. The molecule has 7 heteroatoms. The van der Waals surface area contributed by atoms with E-state index in [1.807, 2.05) is 0 Å². The summed E-state index contributed by atoms with van der Waals surface area (Å²) in [5, 5.41) is 6.25. The van der Waals surface area contributed by atoms with E-state index in [0.29, 0.717) is 6.54 Å². The summed E-state index contributed by atoms with van der Waals surface area (Å²) in [5.41, 5.74) is 2.34. The summed E-state index contributed by atoms with van der Waals surface area (Å²) in [4.78, 5) is 4.61. The fourth-order valence-corrected chi connectivity index (χ4v) is 2.43. The van der Waals surface area contributed by atoms with Gasteiger partial charge in [0.05, 0.1) is 6.61 Å². The molecule has 0 fully saturated rings. The largest absolute Gasteiger partial charge is 0.522 e.